The molecule has 2 N–H and O–H groups in total. The fraction of sp³-hybridized carbons (Fsp3) is 0.500. The third-order valence-electron chi connectivity index (χ3n) is 2.66. The van der Waals surface area contributed by atoms with Gasteiger partial charge in [-0.1, -0.05) is 12.1 Å². The van der Waals surface area contributed by atoms with Crippen molar-refractivity contribution in [1.82, 2.24) is 0 Å². The summed E-state index contributed by atoms with van der Waals surface area (Å²) in [5, 5.41) is -0.373. The van der Waals surface area contributed by atoms with Crippen LogP contribution < -0.4 is 10.5 Å². The van der Waals surface area contributed by atoms with Gasteiger partial charge in [0.1, 0.15) is 5.75 Å². The van der Waals surface area contributed by atoms with Crippen LogP contribution in [-0.2, 0) is 22.1 Å². The Labute approximate surface area is 103 Å². The van der Waals surface area contributed by atoms with E-state index in [0.29, 0.717) is 12.3 Å². The lowest BCUT2D eigenvalue weighted by Gasteiger charge is -2.11. The minimum Gasteiger partial charge on any atom is -0.496 e. The number of hydrogen-bond acceptors (Lipinski definition) is 4. The Morgan fingerprint density at radius 3 is 2.47 bits per heavy atom. The zero-order valence-electron chi connectivity index (χ0n) is 10.4. The summed E-state index contributed by atoms with van der Waals surface area (Å²) in [5.74, 6) is 0.676. The molecule has 0 radical (unpaired) electrons. The van der Waals surface area contributed by atoms with Crippen LogP contribution in [0.15, 0.2) is 18.2 Å². The second-order valence-corrected chi connectivity index (χ2v) is 6.76. The maximum Gasteiger partial charge on any atom is 0.156 e. The molecule has 0 aliphatic rings. The summed E-state index contributed by atoms with van der Waals surface area (Å²) < 4.78 is 28.8. The molecule has 0 aliphatic carbocycles. The summed E-state index contributed by atoms with van der Waals surface area (Å²) in [4.78, 5) is 0. The molecule has 0 aromatic heterocycles. The highest BCUT2D eigenvalue weighted by atomic mass is 32.2. The molecule has 0 aliphatic heterocycles. The van der Waals surface area contributed by atoms with Gasteiger partial charge in [0, 0.05) is 12.1 Å². The molecule has 0 saturated carbocycles. The number of ether oxygens (including phenoxy) is 1. The van der Waals surface area contributed by atoms with Gasteiger partial charge < -0.3 is 10.5 Å². The van der Waals surface area contributed by atoms with Crippen LogP contribution >= 0.6 is 0 Å². The summed E-state index contributed by atoms with van der Waals surface area (Å²) in [7, 11) is -1.53. The molecule has 0 unspecified atom stereocenters. The van der Waals surface area contributed by atoms with Gasteiger partial charge in [0.15, 0.2) is 9.84 Å². The zero-order chi connectivity index (χ0) is 13.1. The molecule has 0 spiro atoms. The molecule has 1 aromatic carbocycles. The van der Waals surface area contributed by atoms with Gasteiger partial charge in [0.05, 0.1) is 18.1 Å². The van der Waals surface area contributed by atoms with Crippen molar-refractivity contribution >= 4 is 9.84 Å². The van der Waals surface area contributed by atoms with E-state index in [1.807, 2.05) is 6.07 Å². The number of nitrogens with two attached hydrogens (primary N) is 1. The lowest BCUT2D eigenvalue weighted by Crippen LogP contribution is -2.16. The first-order valence-corrected chi connectivity index (χ1v) is 7.19. The summed E-state index contributed by atoms with van der Waals surface area (Å²) in [6.07, 6.45) is 0. The number of sulfone groups is 1. The Balaban J connectivity index is 3.02. The Hall–Kier alpha value is -1.07. The van der Waals surface area contributed by atoms with Crippen molar-refractivity contribution in [2.45, 2.75) is 31.4 Å². The Morgan fingerprint density at radius 2 is 2.00 bits per heavy atom. The van der Waals surface area contributed by atoms with Gasteiger partial charge in [0.25, 0.3) is 0 Å². The minimum absolute atomic E-state index is 0.0336. The van der Waals surface area contributed by atoms with Crippen molar-refractivity contribution in [3.63, 3.8) is 0 Å². The quantitative estimate of drug-likeness (QED) is 0.867. The van der Waals surface area contributed by atoms with Crippen LogP contribution in [0, 0.1) is 0 Å². The smallest absolute Gasteiger partial charge is 0.156 e. The number of benzene rings is 1. The van der Waals surface area contributed by atoms with Gasteiger partial charge in [-0.3, -0.25) is 0 Å². The summed E-state index contributed by atoms with van der Waals surface area (Å²) in [6, 6.07) is 5.33. The van der Waals surface area contributed by atoms with Crippen LogP contribution in [-0.4, -0.2) is 20.8 Å². The van der Waals surface area contributed by atoms with E-state index in [0.717, 1.165) is 11.1 Å². The molecule has 96 valence electrons. The third kappa shape index (κ3) is 3.44. The van der Waals surface area contributed by atoms with Crippen LogP contribution in [0.4, 0.5) is 0 Å². The lowest BCUT2D eigenvalue weighted by atomic mass is 10.1. The van der Waals surface area contributed by atoms with E-state index >= 15 is 0 Å². The Bertz CT molecular complexity index is 481. The first-order valence-electron chi connectivity index (χ1n) is 5.48. The summed E-state index contributed by atoms with van der Waals surface area (Å²) >= 11 is 0. The predicted molar refractivity (Wildman–Crippen MR) is 68.6 cm³/mol. The maximum absolute atomic E-state index is 11.8. The molecule has 17 heavy (non-hydrogen) atoms. The molecular formula is C12H19NO3S. The normalized spacial score (nSPS) is 11.8. The highest BCUT2D eigenvalue weighted by Crippen LogP contribution is 2.21. The van der Waals surface area contributed by atoms with Crippen LogP contribution in [0.1, 0.15) is 25.0 Å². The van der Waals surface area contributed by atoms with Gasteiger partial charge in [-0.25, -0.2) is 8.42 Å². The number of hydrogen-bond donors (Lipinski definition) is 1. The molecule has 4 nitrogen and oxygen atoms in total. The monoisotopic (exact) mass is 257 g/mol. The molecule has 0 fully saturated rings. The van der Waals surface area contributed by atoms with Gasteiger partial charge in [-0.15, -0.1) is 0 Å². The number of rotatable bonds is 5. The van der Waals surface area contributed by atoms with E-state index in [1.54, 1.807) is 33.1 Å². The molecule has 0 amide bonds. The van der Waals surface area contributed by atoms with E-state index < -0.39 is 9.84 Å². The average molecular weight is 257 g/mol. The molecule has 1 aromatic rings. The first kappa shape index (κ1) is 14.0. The van der Waals surface area contributed by atoms with Gasteiger partial charge >= 0.3 is 0 Å². The molecule has 1 rings (SSSR count). The van der Waals surface area contributed by atoms with E-state index in [2.05, 4.69) is 0 Å². The molecular weight excluding hydrogens is 238 g/mol. The van der Waals surface area contributed by atoms with Crippen molar-refractivity contribution in [2.75, 3.05) is 7.11 Å². The second kappa shape index (κ2) is 5.51. The number of methoxy groups -OCH3 is 1. The Morgan fingerprint density at radius 1 is 1.35 bits per heavy atom. The Kier molecular flexibility index (Phi) is 4.54. The van der Waals surface area contributed by atoms with E-state index in [9.17, 15) is 8.42 Å². The van der Waals surface area contributed by atoms with Crippen molar-refractivity contribution in [3.05, 3.63) is 29.3 Å². The van der Waals surface area contributed by atoms with Gasteiger partial charge in [-0.2, -0.15) is 0 Å². The highest BCUT2D eigenvalue weighted by molar-refractivity contribution is 7.91. The van der Waals surface area contributed by atoms with Crippen LogP contribution in [0.2, 0.25) is 0 Å². The molecule has 0 atom stereocenters. The molecule has 0 heterocycles. The molecule has 0 saturated heterocycles. The largest absolute Gasteiger partial charge is 0.496 e. The molecule has 0 bridgehead atoms. The van der Waals surface area contributed by atoms with Crippen molar-refractivity contribution in [1.29, 1.82) is 0 Å². The fourth-order valence-corrected chi connectivity index (χ4v) is 2.42. The molecule has 5 heteroatoms. The van der Waals surface area contributed by atoms with Crippen molar-refractivity contribution in [2.24, 2.45) is 5.73 Å². The summed E-state index contributed by atoms with van der Waals surface area (Å²) in [6.45, 7) is 3.74. The standard InChI is InChI=1S/C12H19NO3S/c1-9(2)17(14,15)8-10-4-5-11(7-13)12(6-10)16-3/h4-6,9H,7-8,13H2,1-3H3. The first-order chi connectivity index (χ1) is 7.90. The van der Waals surface area contributed by atoms with Crippen molar-refractivity contribution in [3.8, 4) is 5.75 Å². The lowest BCUT2D eigenvalue weighted by molar-refractivity contribution is 0.409. The second-order valence-electron chi connectivity index (χ2n) is 4.21. The SMILES string of the molecule is COc1cc(CS(=O)(=O)C(C)C)ccc1CN. The van der Waals surface area contributed by atoms with Crippen LogP contribution in [0.25, 0.3) is 0 Å². The zero-order valence-corrected chi connectivity index (χ0v) is 11.3. The highest BCUT2D eigenvalue weighted by Gasteiger charge is 2.17. The topological polar surface area (TPSA) is 69.4 Å². The van der Waals surface area contributed by atoms with Crippen molar-refractivity contribution < 1.29 is 13.2 Å². The van der Waals surface area contributed by atoms with E-state index in [4.69, 9.17) is 10.5 Å². The minimum atomic E-state index is -3.08. The van der Waals surface area contributed by atoms with Gasteiger partial charge in [-0.05, 0) is 25.5 Å². The van der Waals surface area contributed by atoms with E-state index in [-0.39, 0.29) is 11.0 Å². The van der Waals surface area contributed by atoms with Crippen LogP contribution in [0.3, 0.4) is 0 Å². The predicted octanol–water partition coefficient (Wildman–Crippen LogP) is 1.48. The maximum atomic E-state index is 11.8. The third-order valence-corrected chi connectivity index (χ3v) is 4.83. The van der Waals surface area contributed by atoms with Crippen LogP contribution in [0.5, 0.6) is 5.75 Å². The fourth-order valence-electron chi connectivity index (χ4n) is 1.45. The summed E-state index contributed by atoms with van der Waals surface area (Å²) in [5.41, 5.74) is 7.16. The van der Waals surface area contributed by atoms with E-state index in [1.165, 1.54) is 0 Å². The average Bonchev–Trinajstić information content (AvgIpc) is 2.28. The van der Waals surface area contributed by atoms with Gasteiger partial charge in [0.2, 0.25) is 0 Å².